The maximum Gasteiger partial charge on any atom is 0.272 e. The zero-order valence-electron chi connectivity index (χ0n) is 13.5. The number of amides is 1. The van der Waals surface area contributed by atoms with Crippen LogP contribution in [0.15, 0.2) is 76.0 Å². The second kappa shape index (κ2) is 7.44. The first-order chi connectivity index (χ1) is 12.1. The molecule has 0 saturated carbocycles. The minimum Gasteiger partial charge on any atom is -0.344 e. The molecule has 1 unspecified atom stereocenters. The third-order valence-electron chi connectivity index (χ3n) is 3.75. The Bertz CT molecular complexity index is 954. The van der Waals surface area contributed by atoms with E-state index < -0.39 is 0 Å². The van der Waals surface area contributed by atoms with Crippen molar-refractivity contribution in [2.45, 2.75) is 13.0 Å². The van der Waals surface area contributed by atoms with Crippen LogP contribution in [-0.4, -0.2) is 15.7 Å². The number of hydrogen-bond acceptors (Lipinski definition) is 3. The highest BCUT2D eigenvalue weighted by Gasteiger charge is 2.15. The van der Waals surface area contributed by atoms with E-state index in [1.165, 1.54) is 16.8 Å². The molecule has 0 spiro atoms. The summed E-state index contributed by atoms with van der Waals surface area (Å²) >= 11 is 3.48. The van der Waals surface area contributed by atoms with Crippen LogP contribution in [0.4, 0.5) is 0 Å². The molecule has 5 nitrogen and oxygen atoms in total. The number of hydrogen-bond donors (Lipinski definition) is 1. The molecule has 2 aromatic carbocycles. The molecule has 0 fully saturated rings. The van der Waals surface area contributed by atoms with E-state index in [1.54, 1.807) is 12.1 Å². The molecule has 25 heavy (non-hydrogen) atoms. The normalized spacial score (nSPS) is 11.8. The standard InChI is InChI=1S/C19H16BrN3O2/c1-13(15-9-5-6-10-16(15)20)21-19(25)17-11-12-18(24)23(22-17)14-7-3-2-4-8-14/h2-13H,1H3,(H,21,25). The molecule has 0 aliphatic carbocycles. The van der Waals surface area contributed by atoms with Crippen LogP contribution in [0, 0.1) is 0 Å². The Labute approximate surface area is 153 Å². The van der Waals surface area contributed by atoms with Crippen molar-refractivity contribution >= 4 is 21.8 Å². The van der Waals surface area contributed by atoms with Gasteiger partial charge in [0.1, 0.15) is 5.69 Å². The van der Waals surface area contributed by atoms with Gasteiger partial charge in [0.15, 0.2) is 0 Å². The van der Waals surface area contributed by atoms with E-state index in [9.17, 15) is 9.59 Å². The van der Waals surface area contributed by atoms with Crippen LogP contribution < -0.4 is 10.9 Å². The fourth-order valence-corrected chi connectivity index (χ4v) is 3.09. The Kier molecular flexibility index (Phi) is 5.09. The van der Waals surface area contributed by atoms with Crippen molar-refractivity contribution in [3.05, 3.63) is 92.8 Å². The molecule has 0 bridgehead atoms. The predicted octanol–water partition coefficient (Wildman–Crippen LogP) is 3.49. The lowest BCUT2D eigenvalue weighted by Gasteiger charge is -2.16. The molecule has 1 atom stereocenters. The quantitative estimate of drug-likeness (QED) is 0.732. The maximum atomic E-state index is 12.5. The van der Waals surface area contributed by atoms with Gasteiger partial charge in [-0.05, 0) is 36.8 Å². The van der Waals surface area contributed by atoms with Crippen molar-refractivity contribution in [2.24, 2.45) is 0 Å². The van der Waals surface area contributed by atoms with Crippen molar-refractivity contribution < 1.29 is 4.79 Å². The van der Waals surface area contributed by atoms with Crippen molar-refractivity contribution in [3.8, 4) is 5.69 Å². The Morgan fingerprint density at radius 3 is 2.44 bits per heavy atom. The lowest BCUT2D eigenvalue weighted by molar-refractivity contribution is 0.0933. The second-order valence-corrected chi connectivity index (χ2v) is 6.38. The molecule has 3 aromatic rings. The van der Waals surface area contributed by atoms with Gasteiger partial charge in [-0.1, -0.05) is 52.3 Å². The number of nitrogens with one attached hydrogen (secondary N) is 1. The van der Waals surface area contributed by atoms with Crippen LogP contribution in [0.5, 0.6) is 0 Å². The Morgan fingerprint density at radius 1 is 1.04 bits per heavy atom. The minimum absolute atomic E-state index is 0.183. The summed E-state index contributed by atoms with van der Waals surface area (Å²) in [7, 11) is 0. The predicted molar refractivity (Wildman–Crippen MR) is 99.9 cm³/mol. The highest BCUT2D eigenvalue weighted by atomic mass is 79.9. The van der Waals surface area contributed by atoms with Gasteiger partial charge in [-0.3, -0.25) is 9.59 Å². The summed E-state index contributed by atoms with van der Waals surface area (Å²) in [5.41, 5.74) is 1.47. The molecular formula is C19H16BrN3O2. The molecule has 0 saturated heterocycles. The average Bonchev–Trinajstić information content (AvgIpc) is 2.63. The van der Waals surface area contributed by atoms with E-state index in [-0.39, 0.29) is 23.2 Å². The van der Waals surface area contributed by atoms with Crippen molar-refractivity contribution in [3.63, 3.8) is 0 Å². The number of rotatable bonds is 4. The Balaban J connectivity index is 1.86. The monoisotopic (exact) mass is 397 g/mol. The third kappa shape index (κ3) is 3.85. The number of aromatic nitrogens is 2. The SMILES string of the molecule is CC(NC(=O)c1ccc(=O)n(-c2ccccc2)n1)c1ccccc1Br. The van der Waals surface area contributed by atoms with E-state index >= 15 is 0 Å². The molecule has 0 radical (unpaired) electrons. The van der Waals surface area contributed by atoms with Crippen LogP contribution in [-0.2, 0) is 0 Å². The fourth-order valence-electron chi connectivity index (χ4n) is 2.46. The van der Waals surface area contributed by atoms with Crippen LogP contribution >= 0.6 is 15.9 Å². The molecule has 126 valence electrons. The summed E-state index contributed by atoms with van der Waals surface area (Å²) in [5.74, 6) is -0.340. The van der Waals surface area contributed by atoms with Gasteiger partial charge in [-0.15, -0.1) is 0 Å². The summed E-state index contributed by atoms with van der Waals surface area (Å²) < 4.78 is 2.14. The maximum absolute atomic E-state index is 12.5. The summed E-state index contributed by atoms with van der Waals surface area (Å²) in [6, 6.07) is 19.3. The van der Waals surface area contributed by atoms with Gasteiger partial charge in [0.2, 0.25) is 0 Å². The first kappa shape index (κ1) is 17.1. The molecule has 1 heterocycles. The average molecular weight is 398 g/mol. The molecule has 0 aliphatic rings. The van der Waals surface area contributed by atoms with Crippen LogP contribution in [0.25, 0.3) is 5.69 Å². The van der Waals surface area contributed by atoms with E-state index in [2.05, 4.69) is 26.3 Å². The summed E-state index contributed by atoms with van der Waals surface area (Å²) in [5, 5.41) is 7.10. The number of nitrogens with zero attached hydrogens (tertiary/aromatic N) is 2. The van der Waals surface area contributed by atoms with E-state index in [0.29, 0.717) is 5.69 Å². The van der Waals surface area contributed by atoms with Gasteiger partial charge in [-0.2, -0.15) is 9.78 Å². The van der Waals surface area contributed by atoms with Gasteiger partial charge in [0.05, 0.1) is 11.7 Å². The summed E-state index contributed by atoms with van der Waals surface area (Å²) in [4.78, 5) is 24.6. The van der Waals surface area contributed by atoms with Crippen LogP contribution in [0.2, 0.25) is 0 Å². The lowest BCUT2D eigenvalue weighted by Crippen LogP contribution is -2.30. The van der Waals surface area contributed by atoms with Crippen LogP contribution in [0.3, 0.4) is 0 Å². The first-order valence-corrected chi connectivity index (χ1v) is 8.56. The van der Waals surface area contributed by atoms with E-state index in [1.807, 2.05) is 49.4 Å². The number of para-hydroxylation sites is 1. The van der Waals surface area contributed by atoms with Gasteiger partial charge < -0.3 is 5.32 Å². The Morgan fingerprint density at radius 2 is 1.72 bits per heavy atom. The second-order valence-electron chi connectivity index (χ2n) is 5.52. The zero-order valence-corrected chi connectivity index (χ0v) is 15.1. The van der Waals surface area contributed by atoms with Crippen molar-refractivity contribution in [1.29, 1.82) is 0 Å². The molecule has 0 aliphatic heterocycles. The van der Waals surface area contributed by atoms with E-state index in [4.69, 9.17) is 0 Å². The zero-order chi connectivity index (χ0) is 17.8. The van der Waals surface area contributed by atoms with Crippen LogP contribution in [0.1, 0.15) is 29.0 Å². The lowest BCUT2D eigenvalue weighted by atomic mass is 10.1. The molecule has 1 amide bonds. The smallest absolute Gasteiger partial charge is 0.272 e. The molecule has 6 heteroatoms. The summed E-state index contributed by atoms with van der Waals surface area (Å²) in [6.45, 7) is 1.89. The molecule has 1 aromatic heterocycles. The van der Waals surface area contributed by atoms with Gasteiger partial charge in [0.25, 0.3) is 11.5 Å². The Hall–Kier alpha value is -2.73. The highest BCUT2D eigenvalue weighted by Crippen LogP contribution is 2.22. The largest absolute Gasteiger partial charge is 0.344 e. The molecule has 1 N–H and O–H groups in total. The first-order valence-electron chi connectivity index (χ1n) is 7.77. The third-order valence-corrected chi connectivity index (χ3v) is 4.48. The molecular weight excluding hydrogens is 382 g/mol. The van der Waals surface area contributed by atoms with Crippen molar-refractivity contribution in [1.82, 2.24) is 15.1 Å². The minimum atomic E-state index is -0.340. The number of carbonyl (C=O) groups is 1. The van der Waals surface area contributed by atoms with Gasteiger partial charge in [-0.25, -0.2) is 0 Å². The number of benzene rings is 2. The van der Waals surface area contributed by atoms with Crippen molar-refractivity contribution in [2.75, 3.05) is 0 Å². The molecule has 3 rings (SSSR count). The fraction of sp³-hybridized carbons (Fsp3) is 0.105. The number of carbonyl (C=O) groups excluding carboxylic acids is 1. The summed E-state index contributed by atoms with van der Waals surface area (Å²) in [6.07, 6.45) is 0. The van der Waals surface area contributed by atoms with Gasteiger partial charge in [0, 0.05) is 10.5 Å². The number of halogens is 1. The van der Waals surface area contributed by atoms with Gasteiger partial charge >= 0.3 is 0 Å². The topological polar surface area (TPSA) is 64.0 Å². The van der Waals surface area contributed by atoms with E-state index in [0.717, 1.165) is 10.0 Å². The highest BCUT2D eigenvalue weighted by molar-refractivity contribution is 9.10.